The number of benzene rings is 1. The van der Waals surface area contributed by atoms with Crippen molar-refractivity contribution in [1.29, 1.82) is 0 Å². The van der Waals surface area contributed by atoms with Gasteiger partial charge in [-0.25, -0.2) is 4.39 Å². The van der Waals surface area contributed by atoms with Gasteiger partial charge in [-0.15, -0.1) is 0 Å². The van der Waals surface area contributed by atoms with Crippen LogP contribution in [0.5, 0.6) is 5.75 Å². The average molecular weight is 267 g/mol. The summed E-state index contributed by atoms with van der Waals surface area (Å²) in [7, 11) is 1.82. The Morgan fingerprint density at radius 1 is 1.53 bits per heavy atom. The van der Waals surface area contributed by atoms with Crippen LogP contribution < -0.4 is 10.1 Å². The van der Waals surface area contributed by atoms with Gasteiger partial charge in [-0.2, -0.15) is 0 Å². The summed E-state index contributed by atoms with van der Waals surface area (Å²) in [5, 5.41) is 3.02. The maximum atomic E-state index is 13.9. The van der Waals surface area contributed by atoms with E-state index in [9.17, 15) is 4.39 Å². The van der Waals surface area contributed by atoms with Crippen LogP contribution in [0.15, 0.2) is 18.2 Å². The molecule has 106 valence electrons. The van der Waals surface area contributed by atoms with Crippen molar-refractivity contribution in [3.63, 3.8) is 0 Å². The topological polar surface area (TPSA) is 30.5 Å². The van der Waals surface area contributed by atoms with Crippen molar-refractivity contribution in [2.45, 2.75) is 38.3 Å². The maximum absolute atomic E-state index is 13.9. The predicted octanol–water partition coefficient (Wildman–Crippen LogP) is 3.05. The van der Waals surface area contributed by atoms with E-state index >= 15 is 0 Å². The van der Waals surface area contributed by atoms with Crippen molar-refractivity contribution < 1.29 is 13.9 Å². The number of hydrogen-bond donors (Lipinski definition) is 1. The van der Waals surface area contributed by atoms with Crippen LogP contribution in [0.25, 0.3) is 0 Å². The standard InChI is InChI=1S/C15H22FNO2/c1-11(17-2)14-6-5-13(10-15(14)16)19-9-7-12-4-3-8-18-12/h5-6,10-12,17H,3-4,7-9H2,1-2H3. The van der Waals surface area contributed by atoms with Crippen molar-refractivity contribution in [2.24, 2.45) is 0 Å². The highest BCUT2D eigenvalue weighted by Gasteiger charge is 2.15. The third kappa shape index (κ3) is 3.91. The first-order valence-corrected chi connectivity index (χ1v) is 6.92. The van der Waals surface area contributed by atoms with E-state index in [0.717, 1.165) is 25.9 Å². The van der Waals surface area contributed by atoms with Crippen molar-refractivity contribution in [3.8, 4) is 5.75 Å². The summed E-state index contributed by atoms with van der Waals surface area (Å²) in [5.41, 5.74) is 0.661. The minimum atomic E-state index is -0.225. The second-order valence-electron chi connectivity index (χ2n) is 4.97. The maximum Gasteiger partial charge on any atom is 0.131 e. The minimum absolute atomic E-state index is 0.000869. The molecule has 0 radical (unpaired) electrons. The lowest BCUT2D eigenvalue weighted by Crippen LogP contribution is -2.14. The van der Waals surface area contributed by atoms with Gasteiger partial charge in [0.1, 0.15) is 11.6 Å². The number of rotatable bonds is 6. The lowest BCUT2D eigenvalue weighted by molar-refractivity contribution is 0.0903. The van der Waals surface area contributed by atoms with Gasteiger partial charge < -0.3 is 14.8 Å². The monoisotopic (exact) mass is 267 g/mol. The molecular weight excluding hydrogens is 245 g/mol. The lowest BCUT2D eigenvalue weighted by Gasteiger charge is -2.14. The molecule has 3 nitrogen and oxygen atoms in total. The van der Waals surface area contributed by atoms with E-state index in [-0.39, 0.29) is 11.9 Å². The fourth-order valence-electron chi connectivity index (χ4n) is 2.28. The smallest absolute Gasteiger partial charge is 0.131 e. The number of ether oxygens (including phenoxy) is 2. The van der Waals surface area contributed by atoms with Gasteiger partial charge in [0, 0.05) is 30.7 Å². The lowest BCUT2D eigenvalue weighted by atomic mass is 10.1. The highest BCUT2D eigenvalue weighted by molar-refractivity contribution is 5.30. The highest BCUT2D eigenvalue weighted by Crippen LogP contribution is 2.22. The third-order valence-electron chi connectivity index (χ3n) is 3.60. The average Bonchev–Trinajstić information content (AvgIpc) is 2.91. The van der Waals surface area contributed by atoms with Crippen LogP contribution in [0.1, 0.15) is 37.8 Å². The minimum Gasteiger partial charge on any atom is -0.493 e. The summed E-state index contributed by atoms with van der Waals surface area (Å²) in [4.78, 5) is 0. The van der Waals surface area contributed by atoms with Crippen LogP contribution in [0.4, 0.5) is 4.39 Å². The zero-order valence-corrected chi connectivity index (χ0v) is 11.6. The van der Waals surface area contributed by atoms with Gasteiger partial charge >= 0.3 is 0 Å². The summed E-state index contributed by atoms with van der Waals surface area (Å²) < 4.78 is 25.0. The van der Waals surface area contributed by atoms with E-state index in [1.807, 2.05) is 20.0 Å². The van der Waals surface area contributed by atoms with Crippen molar-refractivity contribution in [2.75, 3.05) is 20.3 Å². The molecule has 2 unspecified atom stereocenters. The second-order valence-corrected chi connectivity index (χ2v) is 4.97. The van der Waals surface area contributed by atoms with Gasteiger partial charge in [0.2, 0.25) is 0 Å². The van der Waals surface area contributed by atoms with Crippen LogP contribution in [0.2, 0.25) is 0 Å². The molecule has 19 heavy (non-hydrogen) atoms. The first-order valence-electron chi connectivity index (χ1n) is 6.92. The zero-order valence-electron chi connectivity index (χ0n) is 11.6. The van der Waals surface area contributed by atoms with Gasteiger partial charge in [-0.3, -0.25) is 0 Å². The van der Waals surface area contributed by atoms with Crippen LogP contribution in [0, 0.1) is 5.82 Å². The summed E-state index contributed by atoms with van der Waals surface area (Å²) in [6.45, 7) is 3.36. The van der Waals surface area contributed by atoms with Gasteiger partial charge in [0.25, 0.3) is 0 Å². The van der Waals surface area contributed by atoms with Crippen molar-refractivity contribution in [1.82, 2.24) is 5.32 Å². The molecular formula is C15H22FNO2. The summed E-state index contributed by atoms with van der Waals surface area (Å²) in [5.74, 6) is 0.360. The third-order valence-corrected chi connectivity index (χ3v) is 3.60. The van der Waals surface area contributed by atoms with Crippen molar-refractivity contribution >= 4 is 0 Å². The van der Waals surface area contributed by atoms with E-state index in [1.54, 1.807) is 6.07 Å². The fourth-order valence-corrected chi connectivity index (χ4v) is 2.28. The SMILES string of the molecule is CNC(C)c1ccc(OCCC2CCCO2)cc1F. The Morgan fingerprint density at radius 2 is 2.37 bits per heavy atom. The largest absolute Gasteiger partial charge is 0.493 e. The number of nitrogens with one attached hydrogen (secondary N) is 1. The van der Waals surface area contributed by atoms with E-state index < -0.39 is 0 Å². The van der Waals surface area contributed by atoms with Crippen LogP contribution in [0.3, 0.4) is 0 Å². The molecule has 2 rings (SSSR count). The molecule has 0 amide bonds. The molecule has 0 aliphatic carbocycles. The molecule has 1 heterocycles. The Labute approximate surface area is 114 Å². The molecule has 1 aromatic carbocycles. The Hall–Kier alpha value is -1.13. The molecule has 1 aliphatic heterocycles. The van der Waals surface area contributed by atoms with E-state index in [4.69, 9.17) is 9.47 Å². The Kier molecular flexibility index (Phi) is 5.16. The van der Waals surface area contributed by atoms with Crippen LogP contribution in [-0.2, 0) is 4.74 Å². The molecule has 0 bridgehead atoms. The van der Waals surface area contributed by atoms with Crippen molar-refractivity contribution in [3.05, 3.63) is 29.6 Å². The Morgan fingerprint density at radius 3 is 3.00 bits per heavy atom. The second kappa shape index (κ2) is 6.87. The molecule has 1 aromatic rings. The highest BCUT2D eigenvalue weighted by atomic mass is 19.1. The molecule has 2 atom stereocenters. The normalized spacial score (nSPS) is 20.5. The summed E-state index contributed by atoms with van der Waals surface area (Å²) >= 11 is 0. The summed E-state index contributed by atoms with van der Waals surface area (Å²) in [6, 6.07) is 5.05. The zero-order chi connectivity index (χ0) is 13.7. The predicted molar refractivity (Wildman–Crippen MR) is 73.0 cm³/mol. The number of hydrogen-bond acceptors (Lipinski definition) is 3. The Bertz CT molecular complexity index is 405. The molecule has 1 N–H and O–H groups in total. The van der Waals surface area contributed by atoms with E-state index in [1.165, 1.54) is 6.07 Å². The van der Waals surface area contributed by atoms with Gasteiger partial charge in [0.15, 0.2) is 0 Å². The van der Waals surface area contributed by atoms with Gasteiger partial charge in [-0.05, 0) is 32.9 Å². The van der Waals surface area contributed by atoms with Crippen LogP contribution in [-0.4, -0.2) is 26.4 Å². The molecule has 0 saturated carbocycles. The van der Waals surface area contributed by atoms with Gasteiger partial charge in [0.05, 0.1) is 12.7 Å². The van der Waals surface area contributed by atoms with Crippen LogP contribution >= 0.6 is 0 Å². The van der Waals surface area contributed by atoms with E-state index in [2.05, 4.69) is 5.32 Å². The molecule has 4 heteroatoms. The van der Waals surface area contributed by atoms with E-state index in [0.29, 0.717) is 24.0 Å². The Balaban J connectivity index is 1.85. The number of halogens is 1. The summed E-state index contributed by atoms with van der Waals surface area (Å²) in [6.07, 6.45) is 3.43. The molecule has 1 aliphatic rings. The fraction of sp³-hybridized carbons (Fsp3) is 0.600. The quantitative estimate of drug-likeness (QED) is 0.859. The first kappa shape index (κ1) is 14.3. The molecule has 1 saturated heterocycles. The first-order chi connectivity index (χ1) is 9.20. The van der Waals surface area contributed by atoms with Gasteiger partial charge in [-0.1, -0.05) is 6.07 Å². The molecule has 1 fully saturated rings. The molecule has 0 aromatic heterocycles. The molecule has 0 spiro atoms.